The molecule has 2 N–H and O–H groups in total. The highest BCUT2D eigenvalue weighted by atomic mass is 32.2. The first-order valence-electron chi connectivity index (χ1n) is 7.51. The summed E-state index contributed by atoms with van der Waals surface area (Å²) in [5.74, 6) is 0.409. The number of aliphatic hydroxyl groups excluding tert-OH is 1. The van der Waals surface area contributed by atoms with E-state index >= 15 is 0 Å². The van der Waals surface area contributed by atoms with Gasteiger partial charge in [0.2, 0.25) is 10.0 Å². The average molecular weight is 306 g/mol. The van der Waals surface area contributed by atoms with E-state index in [-0.39, 0.29) is 12.0 Å². The second-order valence-corrected chi connectivity index (χ2v) is 8.73. The van der Waals surface area contributed by atoms with E-state index in [1.807, 2.05) is 0 Å². The van der Waals surface area contributed by atoms with Crippen LogP contribution in [0.1, 0.15) is 39.5 Å². The summed E-state index contributed by atoms with van der Waals surface area (Å²) in [4.78, 5) is 0. The summed E-state index contributed by atoms with van der Waals surface area (Å²) in [6.45, 7) is 7.71. The van der Waals surface area contributed by atoms with Crippen molar-refractivity contribution in [1.82, 2.24) is 9.62 Å². The fourth-order valence-corrected chi connectivity index (χ4v) is 3.70. The van der Waals surface area contributed by atoms with Crippen LogP contribution < -0.4 is 5.32 Å². The first-order chi connectivity index (χ1) is 9.24. The highest BCUT2D eigenvalue weighted by Gasteiger charge is 2.26. The SMILES string of the molecule is CC(C)(CCCO)CNCC1CCCN(S(C)(=O)=O)C1. The molecule has 120 valence electrons. The Morgan fingerprint density at radius 1 is 1.40 bits per heavy atom. The Balaban J connectivity index is 2.31. The van der Waals surface area contributed by atoms with Crippen molar-refractivity contribution in [3.8, 4) is 0 Å². The van der Waals surface area contributed by atoms with E-state index in [9.17, 15) is 8.42 Å². The minimum atomic E-state index is -3.05. The van der Waals surface area contributed by atoms with Crippen molar-refractivity contribution < 1.29 is 13.5 Å². The van der Waals surface area contributed by atoms with Gasteiger partial charge in [-0.3, -0.25) is 0 Å². The highest BCUT2D eigenvalue weighted by Crippen LogP contribution is 2.22. The predicted molar refractivity (Wildman–Crippen MR) is 82.1 cm³/mol. The Kier molecular flexibility index (Phi) is 6.91. The van der Waals surface area contributed by atoms with Gasteiger partial charge in [-0.15, -0.1) is 0 Å². The Morgan fingerprint density at radius 3 is 2.70 bits per heavy atom. The third-order valence-electron chi connectivity index (χ3n) is 4.00. The highest BCUT2D eigenvalue weighted by molar-refractivity contribution is 7.88. The molecule has 0 aromatic rings. The topological polar surface area (TPSA) is 69.6 Å². The van der Waals surface area contributed by atoms with Crippen molar-refractivity contribution in [3.63, 3.8) is 0 Å². The van der Waals surface area contributed by atoms with E-state index in [4.69, 9.17) is 5.11 Å². The molecule has 20 heavy (non-hydrogen) atoms. The predicted octanol–water partition coefficient (Wildman–Crippen LogP) is 1.05. The normalized spacial score (nSPS) is 22.1. The molecule has 1 fully saturated rings. The van der Waals surface area contributed by atoms with Crippen molar-refractivity contribution in [2.75, 3.05) is 39.0 Å². The van der Waals surface area contributed by atoms with Gasteiger partial charge in [0.15, 0.2) is 0 Å². The molecule has 1 heterocycles. The zero-order valence-electron chi connectivity index (χ0n) is 13.1. The first kappa shape index (κ1) is 17.9. The van der Waals surface area contributed by atoms with Crippen LogP contribution >= 0.6 is 0 Å². The number of rotatable bonds is 8. The molecule has 5 nitrogen and oxygen atoms in total. The Morgan fingerprint density at radius 2 is 2.10 bits per heavy atom. The fourth-order valence-electron chi connectivity index (χ4n) is 2.76. The second-order valence-electron chi connectivity index (χ2n) is 6.75. The lowest BCUT2D eigenvalue weighted by Gasteiger charge is -2.32. The smallest absolute Gasteiger partial charge is 0.211 e. The maximum absolute atomic E-state index is 11.6. The van der Waals surface area contributed by atoms with Crippen molar-refractivity contribution in [3.05, 3.63) is 0 Å². The summed E-state index contributed by atoms with van der Waals surface area (Å²) in [6, 6.07) is 0. The molecule has 1 atom stereocenters. The molecule has 0 aromatic carbocycles. The van der Waals surface area contributed by atoms with E-state index in [0.29, 0.717) is 19.0 Å². The van der Waals surface area contributed by atoms with Gasteiger partial charge in [-0.2, -0.15) is 0 Å². The molecule has 1 aliphatic rings. The van der Waals surface area contributed by atoms with Gasteiger partial charge in [-0.1, -0.05) is 13.8 Å². The van der Waals surface area contributed by atoms with E-state index in [1.165, 1.54) is 6.26 Å². The average Bonchev–Trinajstić information content (AvgIpc) is 2.36. The standard InChI is InChI=1S/C14H30N2O3S/c1-14(2,7-5-9-17)12-15-10-13-6-4-8-16(11-13)20(3,18)19/h13,15,17H,4-12H2,1-3H3. The molecular weight excluding hydrogens is 276 g/mol. The largest absolute Gasteiger partial charge is 0.396 e. The van der Waals surface area contributed by atoms with Gasteiger partial charge in [0, 0.05) is 26.2 Å². The molecule has 6 heteroatoms. The van der Waals surface area contributed by atoms with Crippen LogP contribution in [0.5, 0.6) is 0 Å². The van der Waals surface area contributed by atoms with Gasteiger partial charge in [0.05, 0.1) is 6.26 Å². The minimum absolute atomic E-state index is 0.175. The molecule has 0 saturated carbocycles. The number of piperidine rings is 1. The fraction of sp³-hybridized carbons (Fsp3) is 1.00. The third kappa shape index (κ3) is 6.52. The molecule has 0 spiro atoms. The molecule has 1 saturated heterocycles. The Bertz CT molecular complexity index is 382. The molecule has 1 aliphatic heterocycles. The molecule has 0 aliphatic carbocycles. The van der Waals surface area contributed by atoms with Gasteiger partial charge < -0.3 is 10.4 Å². The van der Waals surface area contributed by atoms with Crippen LogP contribution in [0.2, 0.25) is 0 Å². The van der Waals surface area contributed by atoms with Crippen LogP contribution in [-0.2, 0) is 10.0 Å². The van der Waals surface area contributed by atoms with Crippen molar-refractivity contribution >= 4 is 10.0 Å². The van der Waals surface area contributed by atoms with Crippen LogP contribution in [0.3, 0.4) is 0 Å². The maximum atomic E-state index is 11.6. The molecule has 0 bridgehead atoms. The van der Waals surface area contributed by atoms with Crippen LogP contribution in [0.25, 0.3) is 0 Å². The van der Waals surface area contributed by atoms with Gasteiger partial charge in [0.25, 0.3) is 0 Å². The minimum Gasteiger partial charge on any atom is -0.396 e. The molecular formula is C14H30N2O3S. The lowest BCUT2D eigenvalue weighted by Crippen LogP contribution is -2.43. The van der Waals surface area contributed by atoms with Crippen molar-refractivity contribution in [2.45, 2.75) is 39.5 Å². The summed E-state index contributed by atoms with van der Waals surface area (Å²) in [7, 11) is -3.05. The van der Waals surface area contributed by atoms with Gasteiger partial charge in [0.1, 0.15) is 0 Å². The van der Waals surface area contributed by atoms with E-state index in [0.717, 1.165) is 38.8 Å². The summed E-state index contributed by atoms with van der Waals surface area (Å²) < 4.78 is 24.7. The number of nitrogens with one attached hydrogen (secondary N) is 1. The lowest BCUT2D eigenvalue weighted by atomic mass is 9.87. The lowest BCUT2D eigenvalue weighted by molar-refractivity contribution is 0.223. The molecule has 0 radical (unpaired) electrons. The Labute approximate surface area is 123 Å². The Hall–Kier alpha value is -0.170. The van der Waals surface area contributed by atoms with Crippen molar-refractivity contribution in [2.24, 2.45) is 11.3 Å². The second kappa shape index (κ2) is 7.73. The van der Waals surface area contributed by atoms with Crippen LogP contribution in [0, 0.1) is 11.3 Å². The van der Waals surface area contributed by atoms with Crippen LogP contribution in [0.15, 0.2) is 0 Å². The molecule has 1 rings (SSSR count). The third-order valence-corrected chi connectivity index (χ3v) is 5.27. The molecule has 0 aromatic heterocycles. The number of hydrogen-bond acceptors (Lipinski definition) is 4. The van der Waals surface area contributed by atoms with Gasteiger partial charge >= 0.3 is 0 Å². The maximum Gasteiger partial charge on any atom is 0.211 e. The van der Waals surface area contributed by atoms with E-state index in [2.05, 4.69) is 19.2 Å². The summed E-state index contributed by atoms with van der Waals surface area (Å²) in [5, 5.41) is 12.4. The number of hydrogen-bond donors (Lipinski definition) is 2. The first-order valence-corrected chi connectivity index (χ1v) is 9.36. The van der Waals surface area contributed by atoms with Crippen molar-refractivity contribution in [1.29, 1.82) is 0 Å². The number of nitrogens with zero attached hydrogens (tertiary/aromatic N) is 1. The molecule has 0 amide bonds. The number of sulfonamides is 1. The zero-order chi connectivity index (χ0) is 15.2. The van der Waals surface area contributed by atoms with E-state index < -0.39 is 10.0 Å². The quantitative estimate of drug-likeness (QED) is 0.703. The summed E-state index contributed by atoms with van der Waals surface area (Å²) in [6.07, 6.45) is 5.17. The summed E-state index contributed by atoms with van der Waals surface area (Å²) >= 11 is 0. The van der Waals surface area contributed by atoms with Crippen LogP contribution in [0.4, 0.5) is 0 Å². The summed E-state index contributed by atoms with van der Waals surface area (Å²) in [5.41, 5.74) is 0.175. The monoisotopic (exact) mass is 306 g/mol. The number of aliphatic hydroxyl groups is 1. The zero-order valence-corrected chi connectivity index (χ0v) is 13.9. The van der Waals surface area contributed by atoms with Gasteiger partial charge in [-0.05, 0) is 43.6 Å². The van der Waals surface area contributed by atoms with Gasteiger partial charge in [-0.25, -0.2) is 12.7 Å². The molecule has 1 unspecified atom stereocenters. The van der Waals surface area contributed by atoms with E-state index in [1.54, 1.807) is 4.31 Å². The van der Waals surface area contributed by atoms with Crippen LogP contribution in [-0.4, -0.2) is 56.9 Å².